The van der Waals surface area contributed by atoms with Gasteiger partial charge in [0.05, 0.1) is 6.61 Å². The maximum Gasteiger partial charge on any atom is 0.302 e. The van der Waals surface area contributed by atoms with Crippen molar-refractivity contribution in [2.75, 3.05) is 13.7 Å². The molecule has 4 heteroatoms. The number of Topliss-reactive ketones (excluding diaryl/α,β-unsaturated/α-hetero) is 1. The van der Waals surface area contributed by atoms with E-state index in [1.165, 1.54) is 6.92 Å². The highest BCUT2D eigenvalue weighted by atomic mass is 16.5. The Morgan fingerprint density at radius 3 is 1.46 bits per heavy atom. The molecule has 0 spiro atoms. The van der Waals surface area contributed by atoms with Gasteiger partial charge in [-0.25, -0.2) is 0 Å². The Bertz CT molecular complexity index is 121. The Kier molecular flexibility index (Phi) is 23.9. The molecule has 0 aromatic rings. The number of esters is 1. The molecular formula is C9H20O4. The molecule has 0 atom stereocenters. The zero-order valence-electron chi connectivity index (χ0n) is 9.09. The summed E-state index contributed by atoms with van der Waals surface area (Å²) in [7, 11) is 1.00. The average molecular weight is 192 g/mol. The van der Waals surface area contributed by atoms with Crippen LogP contribution < -0.4 is 0 Å². The number of hydrogen-bond donors (Lipinski definition) is 1. The van der Waals surface area contributed by atoms with Gasteiger partial charge in [0, 0.05) is 20.5 Å². The van der Waals surface area contributed by atoms with E-state index in [0.717, 1.165) is 7.11 Å². The fourth-order valence-electron chi connectivity index (χ4n) is 0.203. The summed E-state index contributed by atoms with van der Waals surface area (Å²) in [4.78, 5) is 19.6. The lowest BCUT2D eigenvalue weighted by atomic mass is 10.4. The van der Waals surface area contributed by atoms with E-state index in [1.807, 2.05) is 6.92 Å². The largest absolute Gasteiger partial charge is 0.466 e. The molecule has 0 radical (unpaired) electrons. The number of carbonyl (C=O) groups excluding carboxylic acids is 2. The number of carbonyl (C=O) groups is 2. The first kappa shape index (κ1) is 18.0. The summed E-state index contributed by atoms with van der Waals surface area (Å²) >= 11 is 0. The van der Waals surface area contributed by atoms with Crippen LogP contribution in [0.3, 0.4) is 0 Å². The van der Waals surface area contributed by atoms with Crippen molar-refractivity contribution in [1.82, 2.24) is 0 Å². The molecular weight excluding hydrogens is 172 g/mol. The summed E-state index contributed by atoms with van der Waals surface area (Å²) in [5, 5.41) is 7.00. The van der Waals surface area contributed by atoms with E-state index in [-0.39, 0.29) is 11.8 Å². The van der Waals surface area contributed by atoms with Gasteiger partial charge in [-0.2, -0.15) is 0 Å². The first-order chi connectivity index (χ1) is 6.04. The number of aliphatic hydroxyl groups is 1. The number of ketones is 1. The van der Waals surface area contributed by atoms with Gasteiger partial charge < -0.3 is 14.6 Å². The monoisotopic (exact) mass is 192 g/mol. The van der Waals surface area contributed by atoms with Gasteiger partial charge in [0.2, 0.25) is 0 Å². The molecule has 4 nitrogen and oxygen atoms in total. The number of rotatable bonds is 2. The van der Waals surface area contributed by atoms with E-state index in [9.17, 15) is 9.59 Å². The van der Waals surface area contributed by atoms with Crippen molar-refractivity contribution in [1.29, 1.82) is 0 Å². The first-order valence-electron chi connectivity index (χ1n) is 4.12. The molecule has 0 bridgehead atoms. The molecule has 13 heavy (non-hydrogen) atoms. The second kappa shape index (κ2) is 17.3. The highest BCUT2D eigenvalue weighted by Crippen LogP contribution is 1.71. The Morgan fingerprint density at radius 2 is 1.46 bits per heavy atom. The lowest BCUT2D eigenvalue weighted by Crippen LogP contribution is -1.95. The summed E-state index contributed by atoms with van der Waals surface area (Å²) in [6, 6.07) is 0. The van der Waals surface area contributed by atoms with Gasteiger partial charge in [0.1, 0.15) is 5.78 Å². The van der Waals surface area contributed by atoms with Crippen LogP contribution >= 0.6 is 0 Å². The van der Waals surface area contributed by atoms with E-state index >= 15 is 0 Å². The molecule has 0 fully saturated rings. The van der Waals surface area contributed by atoms with Crippen molar-refractivity contribution >= 4 is 11.8 Å². The third kappa shape index (κ3) is 54.7. The van der Waals surface area contributed by atoms with E-state index < -0.39 is 0 Å². The van der Waals surface area contributed by atoms with Crippen LogP contribution in [0.4, 0.5) is 0 Å². The quantitative estimate of drug-likeness (QED) is 0.667. The fourth-order valence-corrected chi connectivity index (χ4v) is 0.203. The van der Waals surface area contributed by atoms with Crippen LogP contribution in [0.1, 0.15) is 34.1 Å². The van der Waals surface area contributed by atoms with Gasteiger partial charge in [-0.05, 0) is 13.8 Å². The molecule has 0 amide bonds. The normalized spacial score (nSPS) is 6.92. The molecule has 0 aliphatic heterocycles. The molecule has 0 saturated heterocycles. The minimum absolute atomic E-state index is 0.211. The summed E-state index contributed by atoms with van der Waals surface area (Å²) in [6.07, 6.45) is 0.667. The topological polar surface area (TPSA) is 63.6 Å². The molecule has 80 valence electrons. The predicted octanol–water partition coefficient (Wildman–Crippen LogP) is 1.16. The third-order valence-electron chi connectivity index (χ3n) is 0.845. The number of ether oxygens (including phenoxy) is 1. The van der Waals surface area contributed by atoms with Crippen molar-refractivity contribution in [3.8, 4) is 0 Å². The first-order valence-corrected chi connectivity index (χ1v) is 4.12. The standard InChI is InChI=1S/C4H8O2.C4H8O.CH4O/c1-3-6-4(2)5;1-3-4(2)5;1-2/h3H2,1-2H3;3H2,1-2H3;2H,1H3. The van der Waals surface area contributed by atoms with Gasteiger partial charge in [-0.1, -0.05) is 6.92 Å². The molecule has 0 aromatic carbocycles. The molecule has 0 rings (SSSR count). The highest BCUT2D eigenvalue weighted by molar-refractivity contribution is 5.74. The zero-order valence-corrected chi connectivity index (χ0v) is 9.09. The number of aliphatic hydroxyl groups excluding tert-OH is 1. The van der Waals surface area contributed by atoms with Crippen molar-refractivity contribution in [3.63, 3.8) is 0 Å². The second-order valence-corrected chi connectivity index (χ2v) is 1.98. The maximum atomic E-state index is 9.82. The number of hydrogen-bond acceptors (Lipinski definition) is 4. The van der Waals surface area contributed by atoms with Gasteiger partial charge in [-0.15, -0.1) is 0 Å². The Hall–Kier alpha value is -0.900. The lowest BCUT2D eigenvalue weighted by Gasteiger charge is -1.89. The molecule has 0 saturated carbocycles. The fraction of sp³-hybridized carbons (Fsp3) is 0.778. The van der Waals surface area contributed by atoms with Gasteiger partial charge in [0.15, 0.2) is 0 Å². The summed E-state index contributed by atoms with van der Waals surface area (Å²) in [5.41, 5.74) is 0. The van der Waals surface area contributed by atoms with E-state index in [4.69, 9.17) is 5.11 Å². The van der Waals surface area contributed by atoms with Crippen molar-refractivity contribution in [3.05, 3.63) is 0 Å². The lowest BCUT2D eigenvalue weighted by molar-refractivity contribution is -0.140. The summed E-state index contributed by atoms with van der Waals surface area (Å²) in [5.74, 6) is 0.0440. The SMILES string of the molecule is CCC(C)=O.CCOC(C)=O.CO. The van der Waals surface area contributed by atoms with Crippen LogP contribution in [0.15, 0.2) is 0 Å². The van der Waals surface area contributed by atoms with Crippen LogP contribution in [0, 0.1) is 0 Å². The molecule has 0 aliphatic rings. The van der Waals surface area contributed by atoms with Crippen LogP contribution in [0.2, 0.25) is 0 Å². The molecule has 1 N–H and O–H groups in total. The van der Waals surface area contributed by atoms with E-state index in [2.05, 4.69) is 4.74 Å². The summed E-state index contributed by atoms with van der Waals surface area (Å²) < 4.78 is 4.40. The maximum absolute atomic E-state index is 9.82. The van der Waals surface area contributed by atoms with E-state index in [0.29, 0.717) is 13.0 Å². The van der Waals surface area contributed by atoms with Gasteiger partial charge in [0.25, 0.3) is 0 Å². The van der Waals surface area contributed by atoms with Crippen molar-refractivity contribution < 1.29 is 19.4 Å². The smallest absolute Gasteiger partial charge is 0.302 e. The molecule has 0 heterocycles. The Labute approximate surface area is 79.9 Å². The van der Waals surface area contributed by atoms with Crippen LogP contribution in [-0.4, -0.2) is 30.6 Å². The van der Waals surface area contributed by atoms with Crippen molar-refractivity contribution in [2.24, 2.45) is 0 Å². The molecule has 0 aromatic heterocycles. The Morgan fingerprint density at radius 1 is 1.15 bits per heavy atom. The summed E-state index contributed by atoms with van der Waals surface area (Å²) in [6.45, 7) is 7.09. The molecule has 0 aliphatic carbocycles. The minimum atomic E-state index is -0.211. The highest BCUT2D eigenvalue weighted by Gasteiger charge is 1.81. The Balaban J connectivity index is -0.000000131. The average Bonchev–Trinajstić information content (AvgIpc) is 2.09. The van der Waals surface area contributed by atoms with Crippen LogP contribution in [0.5, 0.6) is 0 Å². The third-order valence-corrected chi connectivity index (χ3v) is 0.845. The van der Waals surface area contributed by atoms with E-state index in [1.54, 1.807) is 13.8 Å². The van der Waals surface area contributed by atoms with Crippen molar-refractivity contribution in [2.45, 2.75) is 34.1 Å². The van der Waals surface area contributed by atoms with Gasteiger partial charge >= 0.3 is 5.97 Å². The van der Waals surface area contributed by atoms with Crippen LogP contribution in [-0.2, 0) is 14.3 Å². The zero-order chi connectivity index (χ0) is 11.3. The van der Waals surface area contributed by atoms with Gasteiger partial charge in [-0.3, -0.25) is 4.79 Å². The van der Waals surface area contributed by atoms with Crippen LogP contribution in [0.25, 0.3) is 0 Å². The minimum Gasteiger partial charge on any atom is -0.466 e. The second-order valence-electron chi connectivity index (χ2n) is 1.98. The molecule has 0 unspecified atom stereocenters. The predicted molar refractivity (Wildman–Crippen MR) is 51.4 cm³/mol.